The van der Waals surface area contributed by atoms with Crippen molar-refractivity contribution in [2.75, 3.05) is 0 Å². The Kier molecular flexibility index (Phi) is 7.85. The summed E-state index contributed by atoms with van der Waals surface area (Å²) in [5.74, 6) is 0.699. The van der Waals surface area contributed by atoms with E-state index in [1.54, 1.807) is 0 Å². The van der Waals surface area contributed by atoms with E-state index >= 15 is 0 Å². The van der Waals surface area contributed by atoms with E-state index in [-0.39, 0.29) is 5.41 Å². The highest BCUT2D eigenvalue weighted by atomic mass is 14.9. The van der Waals surface area contributed by atoms with Crippen LogP contribution >= 0.6 is 0 Å². The maximum absolute atomic E-state index is 5.25. The molecule has 9 aromatic rings. The number of benzene rings is 8. The summed E-state index contributed by atoms with van der Waals surface area (Å²) in [5, 5.41) is 2.59. The van der Waals surface area contributed by atoms with E-state index in [4.69, 9.17) is 9.97 Å². The summed E-state index contributed by atoms with van der Waals surface area (Å²) in [5.41, 5.74) is 17.3. The molecule has 0 saturated heterocycles. The maximum Gasteiger partial charge on any atom is 0.160 e. The SMILES string of the molecule is CC1(C)c2ccccc2-c2c(-c3ccc(-c4nc(-c5cccc(-c6ccccc6)c5)cc(-c5cccc(-c6ccccc6)c5)n4)cc3)cc3ccccc3c21. The second-order valence-electron chi connectivity index (χ2n) is 15.0. The smallest absolute Gasteiger partial charge is 0.160 e. The van der Waals surface area contributed by atoms with Gasteiger partial charge in [-0.15, -0.1) is 0 Å². The molecule has 0 amide bonds. The molecule has 1 aliphatic carbocycles. The third-order valence-electron chi connectivity index (χ3n) is 11.3. The fourth-order valence-electron chi connectivity index (χ4n) is 8.53. The van der Waals surface area contributed by atoms with Gasteiger partial charge in [0.15, 0.2) is 5.82 Å². The van der Waals surface area contributed by atoms with Crippen molar-refractivity contribution >= 4 is 10.8 Å². The Morgan fingerprint density at radius 1 is 0.364 bits per heavy atom. The Bertz CT molecular complexity index is 2770. The first-order valence-electron chi connectivity index (χ1n) is 19.0. The van der Waals surface area contributed by atoms with Gasteiger partial charge in [-0.2, -0.15) is 0 Å². The average Bonchev–Trinajstić information content (AvgIpc) is 3.50. The van der Waals surface area contributed by atoms with E-state index in [2.05, 4.69) is 208 Å². The Balaban J connectivity index is 1.11. The number of hydrogen-bond donors (Lipinski definition) is 0. The minimum absolute atomic E-state index is 0.109. The Morgan fingerprint density at radius 3 is 1.51 bits per heavy atom. The molecule has 0 saturated carbocycles. The predicted octanol–water partition coefficient (Wildman–Crippen LogP) is 13.9. The molecule has 260 valence electrons. The second kappa shape index (κ2) is 13.2. The molecule has 1 aromatic heterocycles. The predicted molar refractivity (Wildman–Crippen MR) is 230 cm³/mol. The van der Waals surface area contributed by atoms with Crippen LogP contribution in [0.25, 0.3) is 89.2 Å². The second-order valence-corrected chi connectivity index (χ2v) is 15.0. The summed E-state index contributed by atoms with van der Waals surface area (Å²) < 4.78 is 0. The van der Waals surface area contributed by atoms with Gasteiger partial charge >= 0.3 is 0 Å². The quantitative estimate of drug-likeness (QED) is 0.172. The number of hydrogen-bond acceptors (Lipinski definition) is 2. The summed E-state index contributed by atoms with van der Waals surface area (Å²) in [6, 6.07) is 69.4. The zero-order valence-corrected chi connectivity index (χ0v) is 30.9. The van der Waals surface area contributed by atoms with Crippen LogP contribution in [-0.2, 0) is 5.41 Å². The number of aromatic nitrogens is 2. The number of rotatable bonds is 6. The maximum atomic E-state index is 5.25. The largest absolute Gasteiger partial charge is 0.228 e. The fraction of sp³-hybridized carbons (Fsp3) is 0.0566. The molecule has 2 heteroatoms. The lowest BCUT2D eigenvalue weighted by Gasteiger charge is -2.24. The van der Waals surface area contributed by atoms with Crippen molar-refractivity contribution in [2.24, 2.45) is 0 Å². The summed E-state index contributed by atoms with van der Waals surface area (Å²) in [7, 11) is 0. The van der Waals surface area contributed by atoms with Gasteiger partial charge in [0.1, 0.15) is 0 Å². The molecule has 10 rings (SSSR count). The van der Waals surface area contributed by atoms with Crippen molar-refractivity contribution in [1.82, 2.24) is 9.97 Å². The van der Waals surface area contributed by atoms with Crippen LogP contribution in [0.3, 0.4) is 0 Å². The van der Waals surface area contributed by atoms with Crippen molar-refractivity contribution in [2.45, 2.75) is 19.3 Å². The van der Waals surface area contributed by atoms with Crippen LogP contribution < -0.4 is 0 Å². The van der Waals surface area contributed by atoms with Crippen molar-refractivity contribution in [3.05, 3.63) is 205 Å². The first-order valence-corrected chi connectivity index (χ1v) is 19.0. The molecule has 0 unspecified atom stereocenters. The molecule has 1 aliphatic rings. The van der Waals surface area contributed by atoms with Gasteiger partial charge in [0, 0.05) is 22.1 Å². The summed E-state index contributed by atoms with van der Waals surface area (Å²) in [4.78, 5) is 10.5. The van der Waals surface area contributed by atoms with E-state index in [0.717, 1.165) is 39.2 Å². The van der Waals surface area contributed by atoms with E-state index in [1.807, 2.05) is 0 Å². The summed E-state index contributed by atoms with van der Waals surface area (Å²) in [6.07, 6.45) is 0. The molecule has 55 heavy (non-hydrogen) atoms. The Labute approximate surface area is 322 Å². The molecule has 0 atom stereocenters. The molecule has 2 nitrogen and oxygen atoms in total. The highest BCUT2D eigenvalue weighted by Crippen LogP contribution is 2.54. The van der Waals surface area contributed by atoms with Crippen molar-refractivity contribution < 1.29 is 0 Å². The van der Waals surface area contributed by atoms with Gasteiger partial charge in [-0.3, -0.25) is 0 Å². The third kappa shape index (κ3) is 5.75. The average molecular weight is 703 g/mol. The lowest BCUT2D eigenvalue weighted by atomic mass is 9.79. The number of nitrogens with zero attached hydrogens (tertiary/aromatic N) is 2. The van der Waals surface area contributed by atoms with Gasteiger partial charge in [-0.05, 0) is 90.7 Å². The van der Waals surface area contributed by atoms with Crippen molar-refractivity contribution in [1.29, 1.82) is 0 Å². The highest BCUT2D eigenvalue weighted by molar-refractivity contribution is 6.04. The van der Waals surface area contributed by atoms with Crippen LogP contribution in [0.15, 0.2) is 194 Å². The van der Waals surface area contributed by atoms with Crippen molar-refractivity contribution in [3.8, 4) is 78.4 Å². The third-order valence-corrected chi connectivity index (χ3v) is 11.3. The fourth-order valence-corrected chi connectivity index (χ4v) is 8.53. The van der Waals surface area contributed by atoms with Crippen LogP contribution in [0.2, 0.25) is 0 Å². The van der Waals surface area contributed by atoms with Crippen LogP contribution in [0.1, 0.15) is 25.0 Å². The topological polar surface area (TPSA) is 25.8 Å². The Hall–Kier alpha value is -6.90. The van der Waals surface area contributed by atoms with E-state index in [1.165, 1.54) is 55.3 Å². The lowest BCUT2D eigenvalue weighted by Crippen LogP contribution is -2.15. The molecule has 1 heterocycles. The van der Waals surface area contributed by atoms with Crippen LogP contribution in [0, 0.1) is 0 Å². The molecule has 0 N–H and O–H groups in total. The molecular weight excluding hydrogens is 665 g/mol. The van der Waals surface area contributed by atoms with Gasteiger partial charge in [0.25, 0.3) is 0 Å². The summed E-state index contributed by atoms with van der Waals surface area (Å²) >= 11 is 0. The first kappa shape index (κ1) is 32.7. The van der Waals surface area contributed by atoms with E-state index in [9.17, 15) is 0 Å². The molecule has 0 spiro atoms. The zero-order valence-electron chi connectivity index (χ0n) is 30.9. The van der Waals surface area contributed by atoms with E-state index in [0.29, 0.717) is 5.82 Å². The first-order chi connectivity index (χ1) is 27.0. The van der Waals surface area contributed by atoms with Crippen LogP contribution in [0.5, 0.6) is 0 Å². The monoisotopic (exact) mass is 702 g/mol. The highest BCUT2D eigenvalue weighted by Gasteiger charge is 2.38. The van der Waals surface area contributed by atoms with Crippen LogP contribution in [-0.4, -0.2) is 9.97 Å². The molecule has 0 bridgehead atoms. The molecule has 8 aromatic carbocycles. The van der Waals surface area contributed by atoms with Gasteiger partial charge in [0.2, 0.25) is 0 Å². The Morgan fingerprint density at radius 2 is 0.873 bits per heavy atom. The van der Waals surface area contributed by atoms with Crippen LogP contribution in [0.4, 0.5) is 0 Å². The van der Waals surface area contributed by atoms with Gasteiger partial charge < -0.3 is 0 Å². The standard InChI is InChI=1S/C53H38N2/c1-53(2)47-26-12-11-25-45(47)50-46(33-41-19-9-10-24-44(41)51(50)53)37-27-29-38(30-28-37)52-54-48(42-22-13-20-39(31-42)35-15-5-3-6-16-35)34-49(55-52)43-23-14-21-40(32-43)36-17-7-4-8-18-36/h3-34H,1-2H3. The zero-order chi connectivity index (χ0) is 36.9. The normalized spacial score (nSPS) is 12.7. The lowest BCUT2D eigenvalue weighted by molar-refractivity contribution is 0.666. The molecule has 0 fully saturated rings. The van der Waals surface area contributed by atoms with Crippen molar-refractivity contribution in [3.63, 3.8) is 0 Å². The summed E-state index contributed by atoms with van der Waals surface area (Å²) in [6.45, 7) is 4.73. The molecular formula is C53H38N2. The van der Waals surface area contributed by atoms with Gasteiger partial charge in [-0.1, -0.05) is 184 Å². The molecule has 0 aliphatic heterocycles. The van der Waals surface area contributed by atoms with E-state index < -0.39 is 0 Å². The molecule has 0 radical (unpaired) electrons. The van der Waals surface area contributed by atoms with Gasteiger partial charge in [-0.25, -0.2) is 9.97 Å². The minimum Gasteiger partial charge on any atom is -0.228 e. The number of fused-ring (bicyclic) bond motifs is 5. The van der Waals surface area contributed by atoms with Gasteiger partial charge in [0.05, 0.1) is 11.4 Å². The minimum atomic E-state index is -0.109.